The lowest BCUT2D eigenvalue weighted by Gasteiger charge is -2.43. The number of hydrogen-bond acceptors (Lipinski definition) is 7. The quantitative estimate of drug-likeness (QED) is 0.164. The highest BCUT2D eigenvalue weighted by Crippen LogP contribution is 2.49. The van der Waals surface area contributed by atoms with Crippen molar-refractivity contribution in [3.8, 4) is 0 Å². The second-order valence-corrected chi connectivity index (χ2v) is 19.7. The largest absolute Gasteiger partial charge is 0.465 e. The third-order valence-corrected chi connectivity index (χ3v) is 13.6. The average molecular weight is 884 g/mol. The Kier molecular flexibility index (Phi) is 12.9. The number of carbonyl (C=O) groups is 6. The van der Waals surface area contributed by atoms with Crippen LogP contribution in [-0.4, -0.2) is 105 Å². The minimum Gasteiger partial charge on any atom is -0.465 e. The van der Waals surface area contributed by atoms with Gasteiger partial charge < -0.3 is 36.4 Å². The molecule has 6 amide bonds. The second kappa shape index (κ2) is 17.4. The molecule has 6 rings (SSSR count). The predicted molar refractivity (Wildman–Crippen MR) is 238 cm³/mol. The van der Waals surface area contributed by atoms with Crippen LogP contribution in [0.3, 0.4) is 0 Å². The fourth-order valence-electron chi connectivity index (χ4n) is 10.8. The summed E-state index contributed by atoms with van der Waals surface area (Å²) in [4.78, 5) is 86.9. The van der Waals surface area contributed by atoms with Gasteiger partial charge in [0.1, 0.15) is 29.0 Å². The number of likely N-dealkylation sites (tertiary alicyclic amines) is 2. The number of benzene rings is 3. The van der Waals surface area contributed by atoms with Crippen LogP contribution in [0, 0.1) is 16.6 Å². The molecular formula is C48H62FN7O8. The SMILES string of the molecule is CN(C(=O)O)[C@H](C(=O)N1CCC[C@@]1(C(N)=O)c1ccc([C@H]2CC[C@H](c3ccc([C@]4(C(N)=O)CCCN4C(=O)[C@@H](N(C)C(=O)O)C(C)(C)C)cc3)N2c2cccc(F)c2)cc1)C(C)(C)C. The summed E-state index contributed by atoms with van der Waals surface area (Å²) in [5.41, 5.74) is 11.1. The van der Waals surface area contributed by atoms with E-state index in [1.54, 1.807) is 71.9 Å². The summed E-state index contributed by atoms with van der Waals surface area (Å²) in [6.07, 6.45) is 0.255. The summed E-state index contributed by atoms with van der Waals surface area (Å²) in [5.74, 6) is -2.86. The van der Waals surface area contributed by atoms with Crippen molar-refractivity contribution in [2.75, 3.05) is 32.1 Å². The first-order valence-electron chi connectivity index (χ1n) is 21.8. The zero-order chi connectivity index (χ0) is 47.3. The topological polar surface area (TPSA) is 211 Å². The van der Waals surface area contributed by atoms with Gasteiger partial charge in [-0.15, -0.1) is 0 Å². The highest BCUT2D eigenvalue weighted by molar-refractivity contribution is 5.96. The van der Waals surface area contributed by atoms with Crippen LogP contribution in [0.15, 0.2) is 72.8 Å². The Morgan fingerprint density at radius 3 is 1.34 bits per heavy atom. The summed E-state index contributed by atoms with van der Waals surface area (Å²) in [5, 5.41) is 19.8. The standard InChI is InChI=1S/C48H62FN7O8/c1-45(2,3)37(52(7)43(61)62)39(57)54-26-10-24-47(54,41(50)59)31-18-14-29(15-19-31)35-22-23-36(56(35)34-13-9-12-33(49)28-34)30-16-20-32(21-17-30)48(42(51)60)25-11-27-55(48)40(58)38(46(4,5)6)53(8)44(63)64/h9,12-21,28,35-38H,10-11,22-27H2,1-8H3,(H2,50,59)(H2,51,60)(H,61,62)(H,63,64)/t35-,36-,37-,38-,47+,48+/m1/s1. The normalized spacial score (nSPS) is 23.4. The molecule has 0 aromatic heterocycles. The van der Waals surface area contributed by atoms with Crippen LogP contribution in [0.2, 0.25) is 0 Å². The molecule has 3 fully saturated rings. The third-order valence-electron chi connectivity index (χ3n) is 13.6. The van der Waals surface area contributed by atoms with Crippen molar-refractivity contribution in [1.82, 2.24) is 19.6 Å². The number of rotatable bonds is 11. The Labute approximate surface area is 374 Å². The van der Waals surface area contributed by atoms with Gasteiger partial charge in [-0.1, -0.05) is 96.1 Å². The molecule has 16 heteroatoms. The fourth-order valence-corrected chi connectivity index (χ4v) is 10.8. The minimum absolute atomic E-state index is 0.217. The molecule has 3 aromatic carbocycles. The maximum atomic E-state index is 15.0. The Morgan fingerprint density at radius 2 is 1.03 bits per heavy atom. The molecule has 0 aliphatic carbocycles. The smallest absolute Gasteiger partial charge is 0.407 e. The lowest BCUT2D eigenvalue weighted by atomic mass is 9.81. The Hall–Kier alpha value is -6.19. The van der Waals surface area contributed by atoms with Crippen LogP contribution in [0.1, 0.15) is 114 Å². The maximum absolute atomic E-state index is 15.0. The number of primary amides is 2. The van der Waals surface area contributed by atoms with Crippen molar-refractivity contribution in [1.29, 1.82) is 0 Å². The van der Waals surface area contributed by atoms with E-state index in [-0.39, 0.29) is 38.0 Å². The van der Waals surface area contributed by atoms with E-state index in [4.69, 9.17) is 11.5 Å². The van der Waals surface area contributed by atoms with Crippen molar-refractivity contribution in [2.24, 2.45) is 22.3 Å². The van der Waals surface area contributed by atoms with E-state index in [0.717, 1.165) is 20.9 Å². The Balaban J connectivity index is 1.34. The highest BCUT2D eigenvalue weighted by Gasteiger charge is 2.55. The zero-order valence-electron chi connectivity index (χ0n) is 38.0. The van der Waals surface area contributed by atoms with Gasteiger partial charge in [0.05, 0.1) is 12.1 Å². The Bertz CT molecular complexity index is 2160. The molecule has 0 radical (unpaired) electrons. The molecule has 64 heavy (non-hydrogen) atoms. The molecule has 3 aliphatic rings. The molecule has 6 N–H and O–H groups in total. The second-order valence-electron chi connectivity index (χ2n) is 19.7. The van der Waals surface area contributed by atoms with Gasteiger partial charge in [0.2, 0.25) is 23.6 Å². The van der Waals surface area contributed by atoms with E-state index in [2.05, 4.69) is 4.90 Å². The molecule has 0 saturated carbocycles. The van der Waals surface area contributed by atoms with E-state index in [9.17, 15) is 43.4 Å². The van der Waals surface area contributed by atoms with E-state index in [1.807, 2.05) is 30.3 Å². The van der Waals surface area contributed by atoms with E-state index in [0.29, 0.717) is 42.5 Å². The minimum atomic E-state index is -1.51. The maximum Gasteiger partial charge on any atom is 0.407 e. The van der Waals surface area contributed by atoms with Crippen molar-refractivity contribution < 1.29 is 43.4 Å². The van der Waals surface area contributed by atoms with Crippen molar-refractivity contribution in [3.63, 3.8) is 0 Å². The molecule has 0 bridgehead atoms. The number of amides is 6. The number of likely N-dealkylation sites (N-methyl/N-ethyl adjacent to an activating group) is 2. The molecule has 3 saturated heterocycles. The number of nitrogens with zero attached hydrogens (tertiary/aromatic N) is 5. The Morgan fingerprint density at radius 1 is 0.656 bits per heavy atom. The molecule has 15 nitrogen and oxygen atoms in total. The number of carbonyl (C=O) groups excluding carboxylic acids is 4. The lowest BCUT2D eigenvalue weighted by Crippen LogP contribution is -2.61. The third kappa shape index (κ3) is 8.22. The fraction of sp³-hybridized carbons (Fsp3) is 0.500. The summed E-state index contributed by atoms with van der Waals surface area (Å²) in [7, 11) is 2.69. The number of anilines is 1. The molecule has 3 heterocycles. The molecule has 3 aliphatic heterocycles. The van der Waals surface area contributed by atoms with E-state index < -0.39 is 75.6 Å². The first-order valence-corrected chi connectivity index (χ1v) is 21.8. The molecule has 0 spiro atoms. The first-order chi connectivity index (χ1) is 29.9. The van der Waals surface area contributed by atoms with Gasteiger partial charge in [-0.2, -0.15) is 0 Å². The van der Waals surface area contributed by atoms with Gasteiger partial charge >= 0.3 is 12.2 Å². The van der Waals surface area contributed by atoms with Crippen molar-refractivity contribution in [3.05, 3.63) is 101 Å². The van der Waals surface area contributed by atoms with Gasteiger partial charge in [-0.05, 0) is 89.8 Å². The van der Waals surface area contributed by atoms with Crippen LogP contribution < -0.4 is 16.4 Å². The summed E-state index contributed by atoms with van der Waals surface area (Å²) >= 11 is 0. The number of hydrogen-bond donors (Lipinski definition) is 4. The molecule has 3 aromatic rings. The number of nitrogens with two attached hydrogens (primary N) is 2. The summed E-state index contributed by atoms with van der Waals surface area (Å²) in [6.45, 7) is 11.1. The lowest BCUT2D eigenvalue weighted by molar-refractivity contribution is -0.150. The molecule has 0 unspecified atom stereocenters. The van der Waals surface area contributed by atoms with Crippen LogP contribution in [0.5, 0.6) is 0 Å². The number of halogens is 1. The van der Waals surface area contributed by atoms with Gasteiger partial charge in [0.15, 0.2) is 0 Å². The van der Waals surface area contributed by atoms with Crippen LogP contribution in [0.4, 0.5) is 19.7 Å². The van der Waals surface area contributed by atoms with Crippen LogP contribution >= 0.6 is 0 Å². The monoisotopic (exact) mass is 883 g/mol. The van der Waals surface area contributed by atoms with E-state index in [1.165, 1.54) is 36.0 Å². The first kappa shape index (κ1) is 47.3. The van der Waals surface area contributed by atoms with Gasteiger partial charge in [0.25, 0.3) is 0 Å². The summed E-state index contributed by atoms with van der Waals surface area (Å²) < 4.78 is 15.0. The summed E-state index contributed by atoms with van der Waals surface area (Å²) in [6, 6.07) is 18.4. The van der Waals surface area contributed by atoms with Crippen LogP contribution in [0.25, 0.3) is 0 Å². The van der Waals surface area contributed by atoms with Gasteiger partial charge in [0, 0.05) is 32.9 Å². The molecular weight excluding hydrogens is 822 g/mol. The van der Waals surface area contributed by atoms with Crippen LogP contribution in [-0.2, 0) is 30.3 Å². The predicted octanol–water partition coefficient (Wildman–Crippen LogP) is 6.56. The molecule has 344 valence electrons. The average Bonchev–Trinajstić information content (AvgIpc) is 3.98. The highest BCUT2D eigenvalue weighted by atomic mass is 19.1. The van der Waals surface area contributed by atoms with Crippen molar-refractivity contribution in [2.45, 2.75) is 115 Å². The zero-order valence-corrected chi connectivity index (χ0v) is 38.0. The number of carboxylic acid groups (broad SMARTS) is 2. The van der Waals surface area contributed by atoms with Gasteiger partial charge in [-0.3, -0.25) is 29.0 Å². The van der Waals surface area contributed by atoms with E-state index >= 15 is 0 Å². The van der Waals surface area contributed by atoms with Gasteiger partial charge in [-0.25, -0.2) is 14.0 Å². The van der Waals surface area contributed by atoms with Crippen molar-refractivity contribution >= 4 is 41.5 Å². The molecule has 6 atom stereocenters.